The van der Waals surface area contributed by atoms with Gasteiger partial charge in [-0.3, -0.25) is 9.59 Å². The zero-order valence-corrected chi connectivity index (χ0v) is 12.8. The Morgan fingerprint density at radius 3 is 2.50 bits per heavy atom. The molecule has 1 heterocycles. The van der Waals surface area contributed by atoms with Crippen LogP contribution < -0.4 is 0 Å². The molecule has 4 nitrogen and oxygen atoms in total. The highest BCUT2D eigenvalue weighted by atomic mass is 32.1. The molecule has 0 bridgehead atoms. The van der Waals surface area contributed by atoms with Gasteiger partial charge in [0.2, 0.25) is 5.91 Å². The molecule has 0 aliphatic carbocycles. The molecule has 6 heteroatoms. The molecule has 1 N–H and O–H groups in total. The molecule has 0 fully saturated rings. The Kier molecular flexibility index (Phi) is 5.27. The Labute approximate surface area is 131 Å². The molecule has 0 aliphatic rings. The van der Waals surface area contributed by atoms with Crippen LogP contribution in [-0.4, -0.2) is 28.4 Å². The van der Waals surface area contributed by atoms with Gasteiger partial charge < -0.3 is 10.0 Å². The molecule has 2 rings (SSSR count). The molecular weight excluding hydrogens is 305 g/mol. The quantitative estimate of drug-likeness (QED) is 0.889. The lowest BCUT2D eigenvalue weighted by Crippen LogP contribution is -2.37. The van der Waals surface area contributed by atoms with Crippen LogP contribution in [0.4, 0.5) is 4.39 Å². The van der Waals surface area contributed by atoms with Crippen LogP contribution >= 0.6 is 11.3 Å². The van der Waals surface area contributed by atoms with E-state index in [2.05, 4.69) is 0 Å². The summed E-state index contributed by atoms with van der Waals surface area (Å²) in [6.07, 6.45) is 0. The van der Waals surface area contributed by atoms with Gasteiger partial charge in [-0.2, -0.15) is 11.3 Å². The number of halogens is 1. The first-order chi connectivity index (χ1) is 10.5. The van der Waals surface area contributed by atoms with Gasteiger partial charge in [0.25, 0.3) is 0 Å². The van der Waals surface area contributed by atoms with Crippen LogP contribution in [0.3, 0.4) is 0 Å². The van der Waals surface area contributed by atoms with Crippen LogP contribution in [0.5, 0.6) is 0 Å². The minimum absolute atomic E-state index is 0.139. The Balaban J connectivity index is 2.16. The van der Waals surface area contributed by atoms with Gasteiger partial charge in [-0.05, 0) is 47.0 Å². The van der Waals surface area contributed by atoms with E-state index in [-0.39, 0.29) is 24.8 Å². The number of amides is 1. The third-order valence-corrected chi connectivity index (χ3v) is 4.04. The van der Waals surface area contributed by atoms with Crippen LogP contribution in [0.25, 0.3) is 0 Å². The van der Waals surface area contributed by atoms with Crippen molar-refractivity contribution in [2.45, 2.75) is 19.4 Å². The van der Waals surface area contributed by atoms with E-state index >= 15 is 0 Å². The zero-order chi connectivity index (χ0) is 16.1. The highest BCUT2D eigenvalue weighted by molar-refractivity contribution is 7.08. The first-order valence-corrected chi connectivity index (χ1v) is 7.68. The predicted octanol–water partition coefficient (Wildman–Crippen LogP) is 3.10. The average Bonchev–Trinajstić information content (AvgIpc) is 3.01. The number of aliphatic carboxylic acids is 1. The molecular formula is C16H16FNO3S. The highest BCUT2D eigenvalue weighted by Crippen LogP contribution is 2.21. The van der Waals surface area contributed by atoms with Crippen LogP contribution in [0, 0.1) is 5.82 Å². The molecule has 1 aromatic heterocycles. The van der Waals surface area contributed by atoms with E-state index in [4.69, 9.17) is 5.11 Å². The third kappa shape index (κ3) is 4.14. The number of benzene rings is 1. The minimum atomic E-state index is -1.08. The Morgan fingerprint density at radius 2 is 1.95 bits per heavy atom. The van der Waals surface area contributed by atoms with E-state index in [1.54, 1.807) is 19.1 Å². The number of hydrogen-bond donors (Lipinski definition) is 1. The van der Waals surface area contributed by atoms with Gasteiger partial charge in [-0.15, -0.1) is 0 Å². The predicted molar refractivity (Wildman–Crippen MR) is 82.2 cm³/mol. The lowest BCUT2D eigenvalue weighted by atomic mass is 10.0. The van der Waals surface area contributed by atoms with Crippen molar-refractivity contribution in [2.75, 3.05) is 6.54 Å². The largest absolute Gasteiger partial charge is 0.480 e. The van der Waals surface area contributed by atoms with Crippen LogP contribution in [0.2, 0.25) is 0 Å². The van der Waals surface area contributed by atoms with Crippen LogP contribution in [0.1, 0.15) is 24.0 Å². The van der Waals surface area contributed by atoms with Crippen molar-refractivity contribution >= 4 is 23.2 Å². The number of rotatable bonds is 6. The summed E-state index contributed by atoms with van der Waals surface area (Å²) < 4.78 is 12.9. The molecule has 22 heavy (non-hydrogen) atoms. The number of carboxylic acid groups (broad SMARTS) is 1. The van der Waals surface area contributed by atoms with E-state index in [9.17, 15) is 14.0 Å². The molecule has 1 atom stereocenters. The van der Waals surface area contributed by atoms with Crippen molar-refractivity contribution in [2.24, 2.45) is 0 Å². The normalized spacial score (nSPS) is 11.9. The fraction of sp³-hybridized carbons (Fsp3) is 0.250. The molecule has 0 spiro atoms. The third-order valence-electron chi connectivity index (χ3n) is 3.34. The van der Waals surface area contributed by atoms with E-state index < -0.39 is 11.9 Å². The lowest BCUT2D eigenvalue weighted by Gasteiger charge is -2.24. The maximum atomic E-state index is 12.9. The van der Waals surface area contributed by atoms with E-state index in [0.29, 0.717) is 5.56 Å². The first kappa shape index (κ1) is 16.2. The summed E-state index contributed by atoms with van der Waals surface area (Å²) in [6, 6.07) is 7.53. The fourth-order valence-corrected chi connectivity index (χ4v) is 2.88. The number of thiophene rings is 1. The molecule has 0 radical (unpaired) electrons. The van der Waals surface area contributed by atoms with E-state index in [1.807, 2.05) is 16.8 Å². The summed E-state index contributed by atoms with van der Waals surface area (Å²) in [4.78, 5) is 24.8. The van der Waals surface area contributed by atoms with Crippen molar-refractivity contribution in [3.05, 3.63) is 58.0 Å². The maximum absolute atomic E-state index is 12.9. The molecule has 1 amide bonds. The average molecular weight is 321 g/mol. The SMILES string of the molecule is CC(C(=O)N(CC(=O)O)Cc1ccc(F)cc1)c1ccsc1. The van der Waals surface area contributed by atoms with E-state index in [1.165, 1.54) is 28.4 Å². The fourth-order valence-electron chi connectivity index (χ4n) is 2.12. The molecule has 2 aromatic rings. The lowest BCUT2D eigenvalue weighted by molar-refractivity contribution is -0.145. The molecule has 0 aliphatic heterocycles. The molecule has 0 saturated heterocycles. The summed E-state index contributed by atoms with van der Waals surface area (Å²) in [5.74, 6) is -2.12. The Hall–Kier alpha value is -2.21. The zero-order valence-electron chi connectivity index (χ0n) is 12.0. The number of carbonyl (C=O) groups is 2. The van der Waals surface area contributed by atoms with Crippen LogP contribution in [0.15, 0.2) is 41.1 Å². The Bertz CT molecular complexity index is 640. The van der Waals surface area contributed by atoms with Gasteiger partial charge in [0.15, 0.2) is 0 Å². The number of carboxylic acids is 1. The second kappa shape index (κ2) is 7.17. The number of hydrogen-bond acceptors (Lipinski definition) is 3. The summed E-state index contributed by atoms with van der Waals surface area (Å²) in [7, 11) is 0. The van der Waals surface area contributed by atoms with Gasteiger partial charge in [0.05, 0.1) is 5.92 Å². The second-order valence-electron chi connectivity index (χ2n) is 4.99. The Morgan fingerprint density at radius 1 is 1.27 bits per heavy atom. The molecule has 1 unspecified atom stereocenters. The number of nitrogens with zero attached hydrogens (tertiary/aromatic N) is 1. The van der Waals surface area contributed by atoms with Gasteiger partial charge in [-0.25, -0.2) is 4.39 Å². The van der Waals surface area contributed by atoms with Crippen molar-refractivity contribution < 1.29 is 19.1 Å². The van der Waals surface area contributed by atoms with Crippen molar-refractivity contribution in [3.63, 3.8) is 0 Å². The van der Waals surface area contributed by atoms with Crippen molar-refractivity contribution in [3.8, 4) is 0 Å². The van der Waals surface area contributed by atoms with Gasteiger partial charge in [-0.1, -0.05) is 12.1 Å². The smallest absolute Gasteiger partial charge is 0.323 e. The molecule has 0 saturated carbocycles. The first-order valence-electron chi connectivity index (χ1n) is 6.74. The summed E-state index contributed by atoms with van der Waals surface area (Å²) in [6.45, 7) is 1.51. The minimum Gasteiger partial charge on any atom is -0.480 e. The standard InChI is InChI=1S/C16H16FNO3S/c1-11(13-6-7-22-10-13)16(21)18(9-15(19)20)8-12-2-4-14(17)5-3-12/h2-7,10-11H,8-9H2,1H3,(H,19,20). The van der Waals surface area contributed by atoms with Gasteiger partial charge in [0, 0.05) is 6.54 Å². The topological polar surface area (TPSA) is 57.6 Å². The summed E-state index contributed by atoms with van der Waals surface area (Å²) >= 11 is 1.49. The van der Waals surface area contributed by atoms with E-state index in [0.717, 1.165) is 5.56 Å². The van der Waals surface area contributed by atoms with Crippen molar-refractivity contribution in [1.29, 1.82) is 0 Å². The molecule has 116 valence electrons. The summed E-state index contributed by atoms with van der Waals surface area (Å²) in [5, 5.41) is 12.8. The van der Waals surface area contributed by atoms with Crippen molar-refractivity contribution in [1.82, 2.24) is 4.90 Å². The van der Waals surface area contributed by atoms with Gasteiger partial charge >= 0.3 is 5.97 Å². The second-order valence-corrected chi connectivity index (χ2v) is 5.77. The number of carbonyl (C=O) groups excluding carboxylic acids is 1. The highest BCUT2D eigenvalue weighted by Gasteiger charge is 2.24. The maximum Gasteiger partial charge on any atom is 0.323 e. The molecule has 1 aromatic carbocycles. The summed E-state index contributed by atoms with van der Waals surface area (Å²) in [5.41, 5.74) is 1.55. The van der Waals surface area contributed by atoms with Crippen LogP contribution in [-0.2, 0) is 16.1 Å². The van der Waals surface area contributed by atoms with Gasteiger partial charge in [0.1, 0.15) is 12.4 Å². The monoisotopic (exact) mass is 321 g/mol.